The van der Waals surface area contributed by atoms with Gasteiger partial charge in [0.1, 0.15) is 12.1 Å². The van der Waals surface area contributed by atoms with Crippen LogP contribution in [0.5, 0.6) is 10.8 Å². The minimum absolute atomic E-state index is 0.207. The summed E-state index contributed by atoms with van der Waals surface area (Å²) in [6, 6.07) is 8.76. The van der Waals surface area contributed by atoms with Gasteiger partial charge in [-0.15, -0.1) is 0 Å². The first-order valence-corrected chi connectivity index (χ1v) is 6.42. The number of hydrogen-bond donors (Lipinski definition) is 2. The number of hydrogen-bond acceptors (Lipinski definition) is 6. The van der Waals surface area contributed by atoms with Gasteiger partial charge in [-0.2, -0.15) is 0 Å². The van der Waals surface area contributed by atoms with Crippen LogP contribution in [-0.4, -0.2) is 22.2 Å². The van der Waals surface area contributed by atoms with Crippen molar-refractivity contribution in [3.05, 3.63) is 36.7 Å². The molecule has 5 nitrogen and oxygen atoms in total. The Labute approximate surface area is 113 Å². The van der Waals surface area contributed by atoms with Crippen LogP contribution in [0.4, 0.5) is 11.5 Å². The number of phenolic OH excluding ortho intramolecular Hbond substituents is 1. The molecule has 0 spiro atoms. The number of fused-ring (bicyclic) bond motifs is 1. The zero-order chi connectivity index (χ0) is 13.2. The predicted molar refractivity (Wildman–Crippen MR) is 75.4 cm³/mol. The van der Waals surface area contributed by atoms with Crippen molar-refractivity contribution in [2.24, 2.45) is 0 Å². The van der Waals surface area contributed by atoms with Crippen molar-refractivity contribution in [1.29, 1.82) is 0 Å². The van der Waals surface area contributed by atoms with E-state index in [1.165, 1.54) is 17.7 Å². The molecule has 19 heavy (non-hydrogen) atoms. The first-order valence-electron chi connectivity index (χ1n) is 5.61. The molecule has 0 saturated heterocycles. The van der Waals surface area contributed by atoms with Gasteiger partial charge in [-0.25, -0.2) is 9.97 Å². The fourth-order valence-electron chi connectivity index (χ4n) is 1.74. The quantitative estimate of drug-likeness (QED) is 0.767. The summed E-state index contributed by atoms with van der Waals surface area (Å²) in [7, 11) is 1.63. The maximum absolute atomic E-state index is 9.46. The Morgan fingerprint density at radius 2 is 2.16 bits per heavy atom. The lowest BCUT2D eigenvalue weighted by molar-refractivity contribution is 0.427. The van der Waals surface area contributed by atoms with Crippen molar-refractivity contribution in [3.63, 3.8) is 0 Å². The average Bonchev–Trinajstić information content (AvgIpc) is 2.83. The Balaban J connectivity index is 2.02. The monoisotopic (exact) mass is 273 g/mol. The molecule has 1 aromatic carbocycles. The minimum atomic E-state index is 0.207. The van der Waals surface area contributed by atoms with E-state index >= 15 is 0 Å². The number of aromatic nitrogens is 2. The van der Waals surface area contributed by atoms with Crippen molar-refractivity contribution in [2.75, 3.05) is 12.4 Å². The van der Waals surface area contributed by atoms with Crippen LogP contribution in [0.25, 0.3) is 10.2 Å². The topological polar surface area (TPSA) is 67.3 Å². The number of rotatable bonds is 3. The van der Waals surface area contributed by atoms with E-state index in [1.54, 1.807) is 25.3 Å². The van der Waals surface area contributed by atoms with E-state index in [0.717, 1.165) is 21.0 Å². The molecule has 2 aromatic heterocycles. The third-order valence-corrected chi connectivity index (χ3v) is 3.69. The van der Waals surface area contributed by atoms with Gasteiger partial charge >= 0.3 is 0 Å². The highest BCUT2D eigenvalue weighted by Crippen LogP contribution is 2.35. The Bertz CT molecular complexity index is 727. The summed E-state index contributed by atoms with van der Waals surface area (Å²) in [5.41, 5.74) is 1.60. The van der Waals surface area contributed by atoms with Gasteiger partial charge in [-0.1, -0.05) is 17.4 Å². The zero-order valence-electron chi connectivity index (χ0n) is 10.1. The predicted octanol–water partition coefficient (Wildman–Crippen LogP) is 3.15. The van der Waals surface area contributed by atoms with Gasteiger partial charge in [0.15, 0.2) is 10.9 Å². The number of nitrogens with one attached hydrogen (secondary N) is 1. The zero-order valence-corrected chi connectivity index (χ0v) is 10.9. The van der Waals surface area contributed by atoms with E-state index in [4.69, 9.17) is 4.74 Å². The molecule has 3 rings (SSSR count). The number of ether oxygens (including phenoxy) is 1. The van der Waals surface area contributed by atoms with Crippen molar-refractivity contribution < 1.29 is 9.84 Å². The van der Waals surface area contributed by atoms with Crippen LogP contribution in [-0.2, 0) is 0 Å². The lowest BCUT2D eigenvalue weighted by Crippen LogP contribution is -1.93. The molecule has 0 radical (unpaired) electrons. The third kappa shape index (κ3) is 2.30. The number of thiophene rings is 1. The smallest absolute Gasteiger partial charge is 0.176 e. The molecule has 0 aliphatic heterocycles. The van der Waals surface area contributed by atoms with Gasteiger partial charge < -0.3 is 15.2 Å². The number of benzene rings is 1. The molecule has 0 bridgehead atoms. The Morgan fingerprint density at radius 3 is 2.95 bits per heavy atom. The lowest BCUT2D eigenvalue weighted by atomic mass is 10.3. The first-order chi connectivity index (χ1) is 9.26. The number of anilines is 2. The minimum Gasteiger partial charge on any atom is -0.508 e. The van der Waals surface area contributed by atoms with E-state index in [-0.39, 0.29) is 5.75 Å². The van der Waals surface area contributed by atoms with Crippen molar-refractivity contribution in [3.8, 4) is 10.8 Å². The van der Waals surface area contributed by atoms with E-state index in [9.17, 15) is 5.11 Å². The van der Waals surface area contributed by atoms with E-state index < -0.39 is 0 Å². The summed E-state index contributed by atoms with van der Waals surface area (Å²) >= 11 is 1.48. The van der Waals surface area contributed by atoms with Gasteiger partial charge in [0.2, 0.25) is 0 Å². The SMILES string of the molecule is COc1cc2ncnc(Nc3cccc(O)c3)c2s1. The van der Waals surface area contributed by atoms with Gasteiger partial charge in [-0.3, -0.25) is 0 Å². The number of methoxy groups -OCH3 is 1. The van der Waals surface area contributed by atoms with Crippen LogP contribution in [0.15, 0.2) is 36.7 Å². The molecule has 0 amide bonds. The molecule has 0 aliphatic rings. The molecule has 0 atom stereocenters. The number of nitrogens with zero attached hydrogens (tertiary/aromatic N) is 2. The maximum Gasteiger partial charge on any atom is 0.176 e. The number of phenols is 1. The summed E-state index contributed by atoms with van der Waals surface area (Å²) in [5.74, 6) is 0.906. The molecule has 2 N–H and O–H groups in total. The van der Waals surface area contributed by atoms with Gasteiger partial charge in [0.05, 0.1) is 17.3 Å². The van der Waals surface area contributed by atoms with E-state index in [0.29, 0.717) is 5.82 Å². The molecule has 2 heterocycles. The molecule has 0 saturated carbocycles. The second kappa shape index (κ2) is 4.74. The van der Waals surface area contributed by atoms with Crippen LogP contribution in [0.2, 0.25) is 0 Å². The fraction of sp³-hybridized carbons (Fsp3) is 0.0769. The first kappa shape index (κ1) is 11.7. The molecule has 0 unspecified atom stereocenters. The van der Waals surface area contributed by atoms with Crippen molar-refractivity contribution in [1.82, 2.24) is 9.97 Å². The number of aromatic hydroxyl groups is 1. The standard InChI is InChI=1S/C13H11N3O2S/c1-18-11-6-10-12(19-11)13(15-7-14-10)16-8-3-2-4-9(17)5-8/h2-7,17H,1H3,(H,14,15,16). The van der Waals surface area contributed by atoms with Crippen LogP contribution >= 0.6 is 11.3 Å². The summed E-state index contributed by atoms with van der Waals surface area (Å²) in [6.07, 6.45) is 1.50. The highest BCUT2D eigenvalue weighted by Gasteiger charge is 2.09. The summed E-state index contributed by atoms with van der Waals surface area (Å²) in [4.78, 5) is 8.43. The molecule has 0 aliphatic carbocycles. The molecular weight excluding hydrogens is 262 g/mol. The molecule has 3 aromatic rings. The van der Waals surface area contributed by atoms with Gasteiger partial charge in [0, 0.05) is 17.8 Å². The van der Waals surface area contributed by atoms with E-state index in [1.807, 2.05) is 12.1 Å². The maximum atomic E-state index is 9.46. The third-order valence-electron chi connectivity index (χ3n) is 2.60. The normalized spacial score (nSPS) is 10.6. The molecule has 96 valence electrons. The highest BCUT2D eigenvalue weighted by atomic mass is 32.1. The van der Waals surface area contributed by atoms with Crippen molar-refractivity contribution in [2.45, 2.75) is 0 Å². The molecule has 0 fully saturated rings. The summed E-state index contributed by atoms with van der Waals surface area (Å²) in [5, 5.41) is 13.4. The van der Waals surface area contributed by atoms with Crippen LogP contribution in [0.3, 0.4) is 0 Å². The largest absolute Gasteiger partial charge is 0.508 e. The van der Waals surface area contributed by atoms with Crippen LogP contribution in [0, 0.1) is 0 Å². The molecule has 6 heteroatoms. The molecular formula is C13H11N3O2S. The van der Waals surface area contributed by atoms with Gasteiger partial charge in [-0.05, 0) is 12.1 Å². The Kier molecular flexibility index (Phi) is 2.92. The Morgan fingerprint density at radius 1 is 1.26 bits per heavy atom. The van der Waals surface area contributed by atoms with Gasteiger partial charge in [0.25, 0.3) is 0 Å². The highest BCUT2D eigenvalue weighted by molar-refractivity contribution is 7.21. The summed E-state index contributed by atoms with van der Waals surface area (Å²) < 4.78 is 6.13. The van der Waals surface area contributed by atoms with Crippen molar-refractivity contribution >= 4 is 33.1 Å². The second-order valence-corrected chi connectivity index (χ2v) is 4.90. The lowest BCUT2D eigenvalue weighted by Gasteiger charge is -2.06. The van der Waals surface area contributed by atoms with Crippen LogP contribution < -0.4 is 10.1 Å². The fourth-order valence-corrected chi connectivity index (χ4v) is 2.61. The average molecular weight is 273 g/mol. The van der Waals surface area contributed by atoms with Crippen LogP contribution in [0.1, 0.15) is 0 Å². The second-order valence-electron chi connectivity index (χ2n) is 3.88. The Hall–Kier alpha value is -2.34. The summed E-state index contributed by atoms with van der Waals surface area (Å²) in [6.45, 7) is 0. The van der Waals surface area contributed by atoms with E-state index in [2.05, 4.69) is 15.3 Å².